The lowest BCUT2D eigenvalue weighted by Gasteiger charge is -2.34. The van der Waals surface area contributed by atoms with E-state index in [0.29, 0.717) is 5.92 Å². The Morgan fingerprint density at radius 1 is 1.13 bits per heavy atom. The fourth-order valence-corrected chi connectivity index (χ4v) is 2.94. The molecule has 3 N–H and O–H groups in total. The Kier molecular flexibility index (Phi) is 5.77. The number of amides is 2. The number of hydrogen-bond donors (Lipinski definition) is 2. The molecule has 1 aromatic carbocycles. The van der Waals surface area contributed by atoms with Gasteiger partial charge in [-0.1, -0.05) is 26.0 Å². The van der Waals surface area contributed by atoms with Crippen LogP contribution in [0.15, 0.2) is 24.3 Å². The Balaban J connectivity index is 1.89. The van der Waals surface area contributed by atoms with Crippen LogP contribution in [0.1, 0.15) is 45.1 Å². The van der Waals surface area contributed by atoms with Crippen molar-refractivity contribution < 1.29 is 9.59 Å². The number of nitrogens with zero attached hydrogens (tertiary/aromatic N) is 1. The Labute approximate surface area is 138 Å². The second-order valence-corrected chi connectivity index (χ2v) is 6.65. The number of nitrogens with one attached hydrogen (secondary N) is 1. The van der Waals surface area contributed by atoms with Gasteiger partial charge in [0.15, 0.2) is 0 Å². The molecule has 0 aliphatic carbocycles. The summed E-state index contributed by atoms with van der Waals surface area (Å²) in [4.78, 5) is 25.7. The molecule has 0 aromatic heterocycles. The summed E-state index contributed by atoms with van der Waals surface area (Å²) in [5.41, 5.74) is 7.42. The van der Waals surface area contributed by atoms with E-state index in [2.05, 4.69) is 24.1 Å². The molecular formula is C18H27N3O2. The van der Waals surface area contributed by atoms with Gasteiger partial charge in [-0.15, -0.1) is 0 Å². The van der Waals surface area contributed by atoms with Crippen molar-refractivity contribution in [1.82, 2.24) is 4.90 Å². The maximum atomic E-state index is 12.4. The molecule has 1 aliphatic rings. The number of primary amides is 1. The van der Waals surface area contributed by atoms with Crippen molar-refractivity contribution in [2.24, 2.45) is 11.7 Å². The largest absolute Gasteiger partial charge is 0.369 e. The normalized spacial score (nSPS) is 17.9. The molecule has 1 atom stereocenters. The number of piperidine rings is 1. The van der Waals surface area contributed by atoms with Gasteiger partial charge in [-0.25, -0.2) is 0 Å². The number of likely N-dealkylation sites (tertiary alicyclic amines) is 1. The molecule has 2 amide bonds. The zero-order valence-electron chi connectivity index (χ0n) is 14.2. The Morgan fingerprint density at radius 3 is 2.17 bits per heavy atom. The molecule has 126 valence electrons. The van der Waals surface area contributed by atoms with Gasteiger partial charge >= 0.3 is 0 Å². The molecule has 2 rings (SSSR count). The Morgan fingerprint density at radius 2 is 1.70 bits per heavy atom. The summed E-state index contributed by atoms with van der Waals surface area (Å²) in [5, 5.41) is 2.97. The van der Waals surface area contributed by atoms with E-state index in [9.17, 15) is 9.59 Å². The fourth-order valence-electron chi connectivity index (χ4n) is 2.94. The molecule has 23 heavy (non-hydrogen) atoms. The number of benzene rings is 1. The van der Waals surface area contributed by atoms with Crippen LogP contribution in [0, 0.1) is 5.92 Å². The van der Waals surface area contributed by atoms with E-state index in [0.717, 1.165) is 31.6 Å². The average Bonchev–Trinajstić information content (AvgIpc) is 2.54. The summed E-state index contributed by atoms with van der Waals surface area (Å²) in [7, 11) is 0. The highest BCUT2D eigenvalue weighted by Crippen LogP contribution is 2.20. The first kappa shape index (κ1) is 17.5. The van der Waals surface area contributed by atoms with E-state index < -0.39 is 0 Å². The summed E-state index contributed by atoms with van der Waals surface area (Å²) in [5.74, 6) is 0.183. The van der Waals surface area contributed by atoms with Gasteiger partial charge in [0, 0.05) is 11.6 Å². The third-order valence-electron chi connectivity index (χ3n) is 4.70. The first-order valence-corrected chi connectivity index (χ1v) is 8.32. The van der Waals surface area contributed by atoms with Crippen LogP contribution in [-0.4, -0.2) is 35.8 Å². The Bertz CT molecular complexity index is 546. The quantitative estimate of drug-likeness (QED) is 0.875. The highest BCUT2D eigenvalue weighted by molar-refractivity contribution is 5.94. The third kappa shape index (κ3) is 4.55. The van der Waals surface area contributed by atoms with Crippen molar-refractivity contribution in [3.63, 3.8) is 0 Å². The minimum atomic E-state index is -0.230. The van der Waals surface area contributed by atoms with Crippen molar-refractivity contribution in [3.05, 3.63) is 29.8 Å². The number of nitrogens with two attached hydrogens (primary N) is 1. The Hall–Kier alpha value is -1.88. The lowest BCUT2D eigenvalue weighted by Crippen LogP contribution is -2.47. The van der Waals surface area contributed by atoms with E-state index in [4.69, 9.17) is 5.73 Å². The number of carbonyl (C=O) groups is 2. The van der Waals surface area contributed by atoms with Gasteiger partial charge in [0.2, 0.25) is 11.8 Å². The van der Waals surface area contributed by atoms with Gasteiger partial charge in [-0.05, 0) is 56.5 Å². The minimum Gasteiger partial charge on any atom is -0.369 e. The first-order chi connectivity index (χ1) is 10.9. The topological polar surface area (TPSA) is 75.4 Å². The highest BCUT2D eigenvalue weighted by atomic mass is 16.2. The number of anilines is 1. The zero-order chi connectivity index (χ0) is 17.0. The summed E-state index contributed by atoms with van der Waals surface area (Å²) in [6.45, 7) is 7.65. The molecule has 1 saturated heterocycles. The lowest BCUT2D eigenvalue weighted by atomic mass is 9.95. The number of rotatable bonds is 5. The van der Waals surface area contributed by atoms with E-state index in [1.54, 1.807) is 0 Å². The van der Waals surface area contributed by atoms with Gasteiger partial charge < -0.3 is 11.1 Å². The zero-order valence-corrected chi connectivity index (χ0v) is 14.2. The number of hydrogen-bond acceptors (Lipinski definition) is 3. The maximum absolute atomic E-state index is 12.4. The molecule has 1 fully saturated rings. The van der Waals surface area contributed by atoms with E-state index in [1.165, 1.54) is 5.56 Å². The minimum absolute atomic E-state index is 0.0141. The number of carbonyl (C=O) groups excluding carboxylic acids is 2. The standard InChI is InChI=1S/C18H27N3O2/c1-12(2)14-4-6-16(7-5-14)20-18(23)13(3)21-10-8-15(9-11-21)17(19)22/h4-7,12-13,15H,8-11H2,1-3H3,(H2,19,22)(H,20,23)/t13-/m0/s1. The van der Waals surface area contributed by atoms with Crippen molar-refractivity contribution in [1.29, 1.82) is 0 Å². The van der Waals surface area contributed by atoms with Gasteiger partial charge in [-0.3, -0.25) is 14.5 Å². The van der Waals surface area contributed by atoms with Crippen LogP contribution in [0.3, 0.4) is 0 Å². The monoisotopic (exact) mass is 317 g/mol. The first-order valence-electron chi connectivity index (χ1n) is 8.32. The van der Waals surface area contributed by atoms with Crippen molar-refractivity contribution in [2.75, 3.05) is 18.4 Å². The fraction of sp³-hybridized carbons (Fsp3) is 0.556. The van der Waals surface area contributed by atoms with Gasteiger partial charge in [0.1, 0.15) is 0 Å². The van der Waals surface area contributed by atoms with Crippen LogP contribution in [0.2, 0.25) is 0 Å². The van der Waals surface area contributed by atoms with Crippen LogP contribution in [-0.2, 0) is 9.59 Å². The predicted octanol–water partition coefficient (Wildman–Crippen LogP) is 2.33. The molecule has 0 radical (unpaired) electrons. The van der Waals surface area contributed by atoms with Gasteiger partial charge in [0.25, 0.3) is 0 Å². The average molecular weight is 317 g/mol. The molecule has 0 bridgehead atoms. The van der Waals surface area contributed by atoms with Crippen LogP contribution >= 0.6 is 0 Å². The molecule has 1 aliphatic heterocycles. The summed E-state index contributed by atoms with van der Waals surface area (Å²) in [6.07, 6.45) is 1.46. The summed E-state index contributed by atoms with van der Waals surface area (Å²) in [6, 6.07) is 7.76. The molecule has 0 saturated carbocycles. The van der Waals surface area contributed by atoms with Crippen molar-refractivity contribution in [2.45, 2.75) is 45.6 Å². The molecular weight excluding hydrogens is 290 g/mol. The van der Waals surface area contributed by atoms with Gasteiger partial charge in [0.05, 0.1) is 6.04 Å². The third-order valence-corrected chi connectivity index (χ3v) is 4.70. The second kappa shape index (κ2) is 7.59. The predicted molar refractivity (Wildman–Crippen MR) is 92.1 cm³/mol. The summed E-state index contributed by atoms with van der Waals surface area (Å²) < 4.78 is 0. The van der Waals surface area contributed by atoms with E-state index in [-0.39, 0.29) is 23.8 Å². The van der Waals surface area contributed by atoms with Crippen molar-refractivity contribution in [3.8, 4) is 0 Å². The molecule has 0 unspecified atom stereocenters. The molecule has 1 aromatic rings. The second-order valence-electron chi connectivity index (χ2n) is 6.65. The maximum Gasteiger partial charge on any atom is 0.241 e. The molecule has 0 spiro atoms. The van der Waals surface area contributed by atoms with E-state index >= 15 is 0 Å². The van der Waals surface area contributed by atoms with Gasteiger partial charge in [-0.2, -0.15) is 0 Å². The van der Waals surface area contributed by atoms with E-state index in [1.807, 2.05) is 31.2 Å². The molecule has 5 heteroatoms. The molecule has 1 heterocycles. The van der Waals surface area contributed by atoms with Crippen LogP contribution in [0.4, 0.5) is 5.69 Å². The SMILES string of the molecule is CC(C)c1ccc(NC(=O)[C@H](C)N2CCC(C(N)=O)CC2)cc1. The van der Waals surface area contributed by atoms with Crippen LogP contribution in [0.25, 0.3) is 0 Å². The van der Waals surface area contributed by atoms with Crippen LogP contribution < -0.4 is 11.1 Å². The lowest BCUT2D eigenvalue weighted by molar-refractivity contribution is -0.124. The van der Waals surface area contributed by atoms with Crippen molar-refractivity contribution >= 4 is 17.5 Å². The summed E-state index contributed by atoms with van der Waals surface area (Å²) >= 11 is 0. The smallest absolute Gasteiger partial charge is 0.241 e. The van der Waals surface area contributed by atoms with Crippen LogP contribution in [0.5, 0.6) is 0 Å². The highest BCUT2D eigenvalue weighted by Gasteiger charge is 2.28. The molecule has 5 nitrogen and oxygen atoms in total.